The van der Waals surface area contributed by atoms with Gasteiger partial charge >= 0.3 is 0 Å². The largest absolute Gasteiger partial charge is 0.490 e. The number of aldehydes is 1. The van der Waals surface area contributed by atoms with Crippen LogP contribution < -0.4 is 4.74 Å². The molecule has 106 valence electrons. The number of benzene rings is 1. The Morgan fingerprint density at radius 2 is 1.95 bits per heavy atom. The van der Waals surface area contributed by atoms with E-state index in [4.69, 9.17) is 9.47 Å². The Morgan fingerprint density at radius 1 is 1.26 bits per heavy atom. The molecule has 0 bridgehead atoms. The summed E-state index contributed by atoms with van der Waals surface area (Å²) in [6, 6.07) is 5.58. The van der Waals surface area contributed by atoms with Crippen molar-refractivity contribution < 1.29 is 14.3 Å². The molecule has 1 atom stereocenters. The number of hydrogen-bond acceptors (Lipinski definition) is 3. The van der Waals surface area contributed by atoms with E-state index in [9.17, 15) is 4.79 Å². The fraction of sp³-hybridized carbons (Fsp3) is 0.562. The van der Waals surface area contributed by atoms with Crippen molar-refractivity contribution in [1.82, 2.24) is 0 Å². The highest BCUT2D eigenvalue weighted by Crippen LogP contribution is 2.22. The molecule has 3 nitrogen and oxygen atoms in total. The molecule has 0 amide bonds. The molecule has 0 radical (unpaired) electrons. The minimum Gasteiger partial charge on any atom is -0.490 e. The van der Waals surface area contributed by atoms with E-state index in [0.717, 1.165) is 11.8 Å². The van der Waals surface area contributed by atoms with Crippen LogP contribution in [0.15, 0.2) is 18.2 Å². The van der Waals surface area contributed by atoms with Gasteiger partial charge in [-0.2, -0.15) is 0 Å². The Balaban J connectivity index is 2.44. The average molecular weight is 264 g/mol. The van der Waals surface area contributed by atoms with Gasteiger partial charge in [0.25, 0.3) is 0 Å². The molecular weight excluding hydrogens is 240 g/mol. The molecule has 0 saturated heterocycles. The van der Waals surface area contributed by atoms with Crippen LogP contribution in [0.25, 0.3) is 0 Å². The van der Waals surface area contributed by atoms with Crippen LogP contribution in [-0.2, 0) is 4.74 Å². The van der Waals surface area contributed by atoms with E-state index in [2.05, 4.69) is 27.7 Å². The summed E-state index contributed by atoms with van der Waals surface area (Å²) < 4.78 is 11.3. The van der Waals surface area contributed by atoms with E-state index in [-0.39, 0.29) is 11.5 Å². The molecule has 0 aliphatic heterocycles. The highest BCUT2D eigenvalue weighted by atomic mass is 16.5. The maximum atomic E-state index is 10.9. The Labute approximate surface area is 115 Å². The van der Waals surface area contributed by atoms with Gasteiger partial charge in [-0.15, -0.1) is 0 Å². The summed E-state index contributed by atoms with van der Waals surface area (Å²) >= 11 is 0. The molecule has 1 rings (SSSR count). The number of aryl methyl sites for hydroxylation is 1. The summed E-state index contributed by atoms with van der Waals surface area (Å²) in [6.45, 7) is 11.4. The second-order valence-electron chi connectivity index (χ2n) is 5.89. The lowest BCUT2D eigenvalue weighted by molar-refractivity contribution is -0.0165. The predicted octanol–water partition coefficient (Wildman–Crippen LogP) is 3.64. The Morgan fingerprint density at radius 3 is 2.53 bits per heavy atom. The van der Waals surface area contributed by atoms with Gasteiger partial charge in [-0.25, -0.2) is 0 Å². The number of rotatable bonds is 6. The number of hydrogen-bond donors (Lipinski definition) is 0. The first-order valence-corrected chi connectivity index (χ1v) is 6.65. The number of carbonyl (C=O) groups excluding carboxylic acids is 1. The molecule has 1 aromatic rings. The van der Waals surface area contributed by atoms with Gasteiger partial charge in [0.1, 0.15) is 12.4 Å². The lowest BCUT2D eigenvalue weighted by atomic mass is 9.90. The van der Waals surface area contributed by atoms with Crippen LogP contribution in [0.1, 0.15) is 43.6 Å². The second kappa shape index (κ2) is 6.71. The minimum atomic E-state index is 0.123. The quantitative estimate of drug-likeness (QED) is 0.581. The van der Waals surface area contributed by atoms with Gasteiger partial charge < -0.3 is 9.47 Å². The summed E-state index contributed by atoms with van der Waals surface area (Å²) in [4.78, 5) is 10.9. The van der Waals surface area contributed by atoms with Crippen molar-refractivity contribution in [3.05, 3.63) is 29.3 Å². The minimum absolute atomic E-state index is 0.123. The average Bonchev–Trinajstić information content (AvgIpc) is 2.34. The second-order valence-corrected chi connectivity index (χ2v) is 5.89. The zero-order chi connectivity index (χ0) is 14.5. The van der Waals surface area contributed by atoms with Crippen LogP contribution in [0, 0.1) is 12.3 Å². The smallest absolute Gasteiger partial charge is 0.153 e. The lowest BCUT2D eigenvalue weighted by Crippen LogP contribution is -2.27. The predicted molar refractivity (Wildman–Crippen MR) is 76.9 cm³/mol. The van der Waals surface area contributed by atoms with Crippen molar-refractivity contribution in [2.75, 3.05) is 13.2 Å². The molecule has 1 unspecified atom stereocenters. The Bertz CT molecular complexity index is 418. The van der Waals surface area contributed by atoms with Crippen molar-refractivity contribution in [2.45, 2.75) is 40.7 Å². The summed E-state index contributed by atoms with van der Waals surface area (Å²) in [5.74, 6) is 0.618. The summed E-state index contributed by atoms with van der Waals surface area (Å²) in [6.07, 6.45) is 0.987. The summed E-state index contributed by atoms with van der Waals surface area (Å²) in [5, 5.41) is 0. The van der Waals surface area contributed by atoms with Gasteiger partial charge in [0, 0.05) is 0 Å². The Hall–Kier alpha value is -1.35. The topological polar surface area (TPSA) is 35.5 Å². The van der Waals surface area contributed by atoms with E-state index in [1.807, 2.05) is 25.1 Å². The SMILES string of the molecule is Cc1ccc(OCCOC(C)C(C)(C)C)c(C=O)c1. The number of carbonyl (C=O) groups is 1. The van der Waals surface area contributed by atoms with Gasteiger partial charge in [0.15, 0.2) is 6.29 Å². The maximum absolute atomic E-state index is 10.9. The van der Waals surface area contributed by atoms with Gasteiger partial charge in [-0.1, -0.05) is 32.4 Å². The number of ether oxygens (including phenoxy) is 2. The highest BCUT2D eigenvalue weighted by Gasteiger charge is 2.20. The fourth-order valence-electron chi connectivity index (χ4n) is 1.52. The van der Waals surface area contributed by atoms with E-state index >= 15 is 0 Å². The maximum Gasteiger partial charge on any atom is 0.153 e. The lowest BCUT2D eigenvalue weighted by Gasteiger charge is -2.27. The molecule has 0 aliphatic carbocycles. The van der Waals surface area contributed by atoms with Gasteiger partial charge in [-0.05, 0) is 31.4 Å². The van der Waals surface area contributed by atoms with E-state index in [1.54, 1.807) is 0 Å². The van der Waals surface area contributed by atoms with Crippen molar-refractivity contribution in [3.8, 4) is 5.75 Å². The van der Waals surface area contributed by atoms with Gasteiger partial charge in [-0.3, -0.25) is 4.79 Å². The third kappa shape index (κ3) is 5.03. The molecule has 0 heterocycles. The first kappa shape index (κ1) is 15.7. The normalized spacial score (nSPS) is 13.1. The molecule has 1 aromatic carbocycles. The third-order valence-corrected chi connectivity index (χ3v) is 3.22. The monoisotopic (exact) mass is 264 g/mol. The van der Waals surface area contributed by atoms with Crippen LogP contribution in [0.4, 0.5) is 0 Å². The van der Waals surface area contributed by atoms with Crippen LogP contribution in [0.2, 0.25) is 0 Å². The summed E-state index contributed by atoms with van der Waals surface area (Å²) in [5.41, 5.74) is 1.76. The molecule has 0 fully saturated rings. The van der Waals surface area contributed by atoms with Gasteiger partial charge in [0.05, 0.1) is 18.3 Å². The molecular formula is C16H24O3. The first-order valence-electron chi connectivity index (χ1n) is 6.65. The van der Waals surface area contributed by atoms with Gasteiger partial charge in [0.2, 0.25) is 0 Å². The first-order chi connectivity index (χ1) is 8.84. The highest BCUT2D eigenvalue weighted by molar-refractivity contribution is 5.79. The van der Waals surface area contributed by atoms with Crippen molar-refractivity contribution >= 4 is 6.29 Å². The van der Waals surface area contributed by atoms with Crippen molar-refractivity contribution in [1.29, 1.82) is 0 Å². The zero-order valence-electron chi connectivity index (χ0n) is 12.5. The van der Waals surface area contributed by atoms with Crippen LogP contribution in [-0.4, -0.2) is 25.6 Å². The van der Waals surface area contributed by atoms with Crippen LogP contribution in [0.3, 0.4) is 0 Å². The third-order valence-electron chi connectivity index (χ3n) is 3.22. The Kier molecular flexibility index (Phi) is 5.55. The summed E-state index contributed by atoms with van der Waals surface area (Å²) in [7, 11) is 0. The van der Waals surface area contributed by atoms with E-state index in [0.29, 0.717) is 24.5 Å². The van der Waals surface area contributed by atoms with Crippen LogP contribution >= 0.6 is 0 Å². The van der Waals surface area contributed by atoms with Crippen molar-refractivity contribution in [2.24, 2.45) is 5.41 Å². The molecule has 3 heteroatoms. The molecule has 0 spiro atoms. The molecule has 0 aliphatic rings. The molecule has 0 N–H and O–H groups in total. The standard InChI is InChI=1S/C16H24O3/c1-12-6-7-15(14(10-12)11-17)19-9-8-18-13(2)16(3,4)5/h6-7,10-11,13H,8-9H2,1-5H3. The fourth-order valence-corrected chi connectivity index (χ4v) is 1.52. The molecule has 0 saturated carbocycles. The molecule has 19 heavy (non-hydrogen) atoms. The van der Waals surface area contributed by atoms with E-state index < -0.39 is 0 Å². The van der Waals surface area contributed by atoms with E-state index in [1.165, 1.54) is 0 Å². The van der Waals surface area contributed by atoms with Crippen LogP contribution in [0.5, 0.6) is 5.75 Å². The molecule has 0 aromatic heterocycles. The van der Waals surface area contributed by atoms with Crippen molar-refractivity contribution in [3.63, 3.8) is 0 Å². The zero-order valence-corrected chi connectivity index (χ0v) is 12.5.